The molecule has 0 radical (unpaired) electrons. The third kappa shape index (κ3) is 14.8. The van der Waals surface area contributed by atoms with Gasteiger partial charge in [0.2, 0.25) is 0 Å². The minimum absolute atomic E-state index is 0.187. The molecule has 14 aromatic rings. The molecule has 0 aliphatic rings. The van der Waals surface area contributed by atoms with Crippen LogP contribution in [0.4, 0.5) is 61.5 Å². The Kier molecular flexibility index (Phi) is 19.9. The Labute approximate surface area is 542 Å². The topological polar surface area (TPSA) is 0 Å². The van der Waals surface area contributed by atoms with E-state index in [0.29, 0.717) is 19.6 Å². The molecule has 0 unspecified atom stereocenters. The maximum atomic E-state index is 13.6. The third-order valence-corrected chi connectivity index (χ3v) is 23.9. The molecular formula is C76H50F14S4+4. The predicted octanol–water partition coefficient (Wildman–Crippen LogP) is 25.4. The summed E-state index contributed by atoms with van der Waals surface area (Å²) in [7, 11) is -3.29. The first-order valence-corrected chi connectivity index (χ1v) is 33.6. The van der Waals surface area contributed by atoms with Crippen molar-refractivity contribution in [2.45, 2.75) is 54.1 Å². The van der Waals surface area contributed by atoms with Gasteiger partial charge in [-0.2, -0.15) is 52.7 Å². The van der Waals surface area contributed by atoms with E-state index in [1.807, 2.05) is 146 Å². The third-order valence-electron chi connectivity index (χ3n) is 14.7. The molecule has 0 bridgehead atoms. The summed E-state index contributed by atoms with van der Waals surface area (Å²) in [5.41, 5.74) is -3.04. The summed E-state index contributed by atoms with van der Waals surface area (Å²) in [4.78, 5) is 3.44. The highest BCUT2D eigenvalue weighted by atomic mass is 32.2. The van der Waals surface area contributed by atoms with Gasteiger partial charge in [-0.3, -0.25) is 0 Å². The predicted molar refractivity (Wildman–Crippen MR) is 353 cm³/mol. The molecule has 2 aromatic heterocycles. The highest BCUT2D eigenvalue weighted by molar-refractivity contribution is 7.97. The van der Waals surface area contributed by atoms with Gasteiger partial charge in [-0.05, 0) is 133 Å². The maximum Gasteiger partial charge on any atom is 0.421 e. The molecule has 0 atom stereocenters. The number of thiophene rings is 2. The van der Waals surface area contributed by atoms with Crippen LogP contribution in [0.15, 0.2) is 333 Å². The van der Waals surface area contributed by atoms with Crippen LogP contribution in [0.1, 0.15) is 22.3 Å². The molecule has 94 heavy (non-hydrogen) atoms. The molecule has 472 valence electrons. The first kappa shape index (κ1) is 66.3. The lowest BCUT2D eigenvalue weighted by Crippen LogP contribution is -2.18. The van der Waals surface area contributed by atoms with Crippen molar-refractivity contribution < 1.29 is 61.5 Å². The summed E-state index contributed by atoms with van der Waals surface area (Å²) < 4.78 is 192. The van der Waals surface area contributed by atoms with E-state index in [-0.39, 0.29) is 9.79 Å². The van der Waals surface area contributed by atoms with Crippen LogP contribution in [-0.4, -0.2) is 0 Å². The van der Waals surface area contributed by atoms with Gasteiger partial charge >= 0.3 is 24.7 Å². The zero-order valence-electron chi connectivity index (χ0n) is 48.8. The fourth-order valence-electron chi connectivity index (χ4n) is 10.7. The molecule has 12 aromatic carbocycles. The van der Waals surface area contributed by atoms with Gasteiger partial charge in [-0.15, -0.1) is 0 Å². The number of alkyl halides is 12. The number of fused-ring (bicyclic) bond motifs is 6. The van der Waals surface area contributed by atoms with Gasteiger partial charge in [0.15, 0.2) is 58.0 Å². The van der Waals surface area contributed by atoms with E-state index in [4.69, 9.17) is 0 Å². The average molecular weight is 1360 g/mol. The second-order valence-electron chi connectivity index (χ2n) is 20.8. The van der Waals surface area contributed by atoms with Crippen LogP contribution in [0.25, 0.3) is 50.1 Å². The van der Waals surface area contributed by atoms with Crippen molar-refractivity contribution in [1.82, 2.24) is 0 Å². The summed E-state index contributed by atoms with van der Waals surface area (Å²) in [6.45, 7) is 0. The Morgan fingerprint density at radius 3 is 0.862 bits per heavy atom. The van der Waals surface area contributed by atoms with E-state index < -0.39 is 101 Å². The van der Waals surface area contributed by atoms with E-state index in [1.165, 1.54) is 66.7 Å². The average Bonchev–Trinajstić information content (AvgIpc) is 1.45. The summed E-state index contributed by atoms with van der Waals surface area (Å²) >= 11 is 0. The van der Waals surface area contributed by atoms with E-state index in [9.17, 15) is 61.5 Å². The second-order valence-corrected chi connectivity index (χ2v) is 28.6. The molecule has 0 saturated heterocycles. The Bertz CT molecular complexity index is 4680. The van der Waals surface area contributed by atoms with E-state index >= 15 is 0 Å². The smallest absolute Gasteiger partial charge is 0.207 e. The quantitative estimate of drug-likeness (QED) is 0.105. The van der Waals surface area contributed by atoms with Crippen molar-refractivity contribution in [1.29, 1.82) is 0 Å². The fraction of sp³-hybridized carbons (Fsp3) is 0.0526. The molecule has 2 heterocycles. The van der Waals surface area contributed by atoms with Gasteiger partial charge in [-0.25, -0.2) is 8.78 Å². The van der Waals surface area contributed by atoms with Gasteiger partial charge < -0.3 is 0 Å². The molecule has 0 saturated carbocycles. The van der Waals surface area contributed by atoms with Crippen molar-refractivity contribution in [3.63, 3.8) is 0 Å². The molecule has 0 aliphatic carbocycles. The molecule has 0 N–H and O–H groups in total. The lowest BCUT2D eigenvalue weighted by molar-refractivity contribution is -0.140. The van der Waals surface area contributed by atoms with Crippen molar-refractivity contribution >= 4 is 83.1 Å². The minimum atomic E-state index is -4.68. The van der Waals surface area contributed by atoms with Crippen LogP contribution in [-0.2, 0) is 46.5 Å². The summed E-state index contributed by atoms with van der Waals surface area (Å²) in [5.74, 6) is -1.06. The fourth-order valence-corrected chi connectivity index (χ4v) is 20.3. The SMILES string of the molecule is FC(F)(F)c1cccc(-[s+]2c3ccccc3c3ccccc32)c1.FC(F)(F)c1ccccc1[S+](c1ccccc1)c1ccccc1.FC(F)(F)c1ccccc1[S+](c1ccccc1)c1ccccc1C(F)(F)F.Fc1cc(F)cc(-[s+]2c3ccccc3c3ccccc32)c1. The zero-order chi connectivity index (χ0) is 66.4. The molecule has 0 aliphatic heterocycles. The second kappa shape index (κ2) is 28.2. The number of hydrogen-bond acceptors (Lipinski definition) is 0. The minimum Gasteiger partial charge on any atom is -0.207 e. The Morgan fingerprint density at radius 1 is 0.234 bits per heavy atom. The van der Waals surface area contributed by atoms with Crippen LogP contribution < -0.4 is 0 Å². The van der Waals surface area contributed by atoms with Gasteiger partial charge in [0.1, 0.15) is 39.2 Å². The highest BCUT2D eigenvalue weighted by Gasteiger charge is 2.47. The first-order chi connectivity index (χ1) is 45.1. The van der Waals surface area contributed by atoms with Crippen LogP contribution in [0.2, 0.25) is 0 Å². The molecule has 0 spiro atoms. The molecule has 14 rings (SSSR count). The monoisotopic (exact) mass is 1360 g/mol. The zero-order valence-corrected chi connectivity index (χ0v) is 52.1. The van der Waals surface area contributed by atoms with Crippen molar-refractivity contribution in [2.75, 3.05) is 0 Å². The highest BCUT2D eigenvalue weighted by Crippen LogP contribution is 2.51. The van der Waals surface area contributed by atoms with Gasteiger partial charge in [0, 0.05) is 66.8 Å². The normalized spacial score (nSPS) is 11.9. The summed E-state index contributed by atoms with van der Waals surface area (Å²) in [6, 6.07) is 83.5. The summed E-state index contributed by atoms with van der Waals surface area (Å²) in [6.07, 6.45) is -18.0. The molecule has 0 fully saturated rings. The van der Waals surface area contributed by atoms with Crippen molar-refractivity contribution in [3.05, 3.63) is 337 Å². The van der Waals surface area contributed by atoms with Gasteiger partial charge in [0.25, 0.3) is 0 Å². The maximum absolute atomic E-state index is 13.6. The molecule has 0 nitrogen and oxygen atoms in total. The Balaban J connectivity index is 0.000000128. The van der Waals surface area contributed by atoms with Gasteiger partial charge in [0.05, 0.1) is 16.5 Å². The van der Waals surface area contributed by atoms with Crippen LogP contribution in [0.3, 0.4) is 0 Å². The molecule has 18 heteroatoms. The standard InChI is InChI=1S/C20H13F6S.C19H12F3S.C19H14F3S.C18H11F2S/c21-19(22,23)15-10-4-6-12-17(15)27(14-8-2-1-3-9-14)18-13-7-5-11-16(18)20(24,25)26;20-19(21,22)13-6-5-7-14(12-13)23-17-10-3-1-8-15(17)16-9-2-4-11-18(16)23;20-19(21,22)17-13-7-8-14-18(17)23(15-9-3-1-4-10-15)16-11-5-2-6-12-16;19-12-9-13(20)11-14(10-12)21-17-7-3-1-5-15(17)16-6-2-4-8-18(16)21/h1-13H;1-12H;1-14H;1-11H/q4*+1. The Hall–Kier alpha value is -9.20. The molecule has 0 amide bonds. The Morgan fingerprint density at radius 2 is 0.521 bits per heavy atom. The lowest BCUT2D eigenvalue weighted by atomic mass is 10.2. The lowest BCUT2D eigenvalue weighted by Gasteiger charge is -2.16. The number of halogens is 14. The largest absolute Gasteiger partial charge is 0.421 e. The van der Waals surface area contributed by atoms with Crippen molar-refractivity contribution in [2.24, 2.45) is 0 Å². The number of hydrogen-bond donors (Lipinski definition) is 0. The van der Waals surface area contributed by atoms with Crippen LogP contribution >= 0.6 is 20.9 Å². The van der Waals surface area contributed by atoms with Gasteiger partial charge in [-0.1, -0.05) is 146 Å². The summed E-state index contributed by atoms with van der Waals surface area (Å²) in [5, 5.41) is 4.54. The first-order valence-electron chi connectivity index (χ1n) is 28.7. The van der Waals surface area contributed by atoms with Crippen molar-refractivity contribution in [3.8, 4) is 9.79 Å². The number of rotatable bonds is 8. The van der Waals surface area contributed by atoms with Crippen LogP contribution in [0.5, 0.6) is 0 Å². The van der Waals surface area contributed by atoms with Crippen LogP contribution in [0, 0.1) is 11.6 Å². The number of benzene rings is 12. The molecular weight excluding hydrogens is 1310 g/mol. The van der Waals surface area contributed by atoms with E-state index in [1.54, 1.807) is 48.5 Å². The van der Waals surface area contributed by atoms with E-state index in [0.717, 1.165) is 80.5 Å². The van der Waals surface area contributed by atoms with E-state index in [2.05, 4.69) is 12.1 Å².